The van der Waals surface area contributed by atoms with Gasteiger partial charge in [0.25, 0.3) is 0 Å². The predicted molar refractivity (Wildman–Crippen MR) is 97.7 cm³/mol. The van der Waals surface area contributed by atoms with Gasteiger partial charge in [0.15, 0.2) is 0 Å². The summed E-state index contributed by atoms with van der Waals surface area (Å²) in [4.78, 5) is 4.39. The highest BCUT2D eigenvalue weighted by atomic mass is 32.2. The third-order valence-corrected chi connectivity index (χ3v) is 5.80. The molecule has 7 heteroatoms. The molecule has 5 nitrogen and oxygen atoms in total. The molecule has 0 unspecified atom stereocenters. The maximum Gasteiger partial charge on any atom is 0.241 e. The van der Waals surface area contributed by atoms with Crippen LogP contribution in [0.2, 0.25) is 0 Å². The van der Waals surface area contributed by atoms with Crippen LogP contribution >= 0.6 is 0 Å². The van der Waals surface area contributed by atoms with Crippen molar-refractivity contribution in [2.75, 3.05) is 0 Å². The summed E-state index contributed by atoms with van der Waals surface area (Å²) in [6, 6.07) is 10.4. The van der Waals surface area contributed by atoms with Crippen LogP contribution in [0.4, 0.5) is 4.39 Å². The Bertz CT molecular complexity index is 1040. The van der Waals surface area contributed by atoms with Crippen molar-refractivity contribution >= 4 is 10.0 Å². The SMILES string of the molecule is Cc1ccc(C)c(S(=O)(=O)N[C@@H](c2ccccc2F)c2nccn2C)c1. The normalized spacial score (nSPS) is 12.9. The van der Waals surface area contributed by atoms with Gasteiger partial charge in [-0.15, -0.1) is 0 Å². The lowest BCUT2D eigenvalue weighted by Gasteiger charge is -2.20. The monoisotopic (exact) mass is 373 g/mol. The summed E-state index contributed by atoms with van der Waals surface area (Å²) < 4.78 is 44.8. The number of aryl methyl sites for hydroxylation is 3. The number of aromatic nitrogens is 2. The highest BCUT2D eigenvalue weighted by Gasteiger charge is 2.28. The van der Waals surface area contributed by atoms with Crippen molar-refractivity contribution in [3.8, 4) is 0 Å². The van der Waals surface area contributed by atoms with Gasteiger partial charge in [-0.25, -0.2) is 17.8 Å². The molecule has 3 aromatic rings. The fourth-order valence-electron chi connectivity index (χ4n) is 2.84. The molecule has 136 valence electrons. The Morgan fingerprint density at radius 3 is 2.54 bits per heavy atom. The van der Waals surface area contributed by atoms with Gasteiger partial charge in [0, 0.05) is 25.0 Å². The number of benzene rings is 2. The lowest BCUT2D eigenvalue weighted by molar-refractivity contribution is 0.544. The molecule has 0 amide bonds. The zero-order valence-electron chi connectivity index (χ0n) is 14.8. The minimum absolute atomic E-state index is 0.174. The Labute approximate surface area is 152 Å². The molecule has 26 heavy (non-hydrogen) atoms. The first kappa shape index (κ1) is 18.3. The number of halogens is 1. The van der Waals surface area contributed by atoms with Gasteiger partial charge in [-0.05, 0) is 37.1 Å². The number of nitrogens with one attached hydrogen (secondary N) is 1. The van der Waals surface area contributed by atoms with Crippen molar-refractivity contribution in [1.29, 1.82) is 0 Å². The van der Waals surface area contributed by atoms with E-state index in [4.69, 9.17) is 0 Å². The molecule has 0 spiro atoms. The predicted octanol–water partition coefficient (Wildman–Crippen LogP) is 3.24. The highest BCUT2D eigenvalue weighted by molar-refractivity contribution is 7.89. The van der Waals surface area contributed by atoms with Crippen LogP contribution in [-0.2, 0) is 17.1 Å². The van der Waals surface area contributed by atoms with E-state index < -0.39 is 21.9 Å². The number of hydrogen-bond acceptors (Lipinski definition) is 3. The summed E-state index contributed by atoms with van der Waals surface area (Å²) in [5.41, 5.74) is 1.67. The van der Waals surface area contributed by atoms with Crippen LogP contribution in [0.1, 0.15) is 28.6 Å². The van der Waals surface area contributed by atoms with E-state index in [9.17, 15) is 12.8 Å². The van der Waals surface area contributed by atoms with Crippen molar-refractivity contribution in [3.05, 3.63) is 83.2 Å². The molecule has 0 aliphatic rings. The smallest absolute Gasteiger partial charge is 0.241 e. The topological polar surface area (TPSA) is 64.0 Å². The van der Waals surface area contributed by atoms with Gasteiger partial charge in [0.05, 0.1) is 4.90 Å². The van der Waals surface area contributed by atoms with Crippen LogP contribution in [0.3, 0.4) is 0 Å². The van der Waals surface area contributed by atoms with Gasteiger partial charge < -0.3 is 4.57 Å². The number of nitrogens with zero attached hydrogens (tertiary/aromatic N) is 2. The summed E-state index contributed by atoms with van der Waals surface area (Å²) in [5, 5.41) is 0. The minimum Gasteiger partial charge on any atom is -0.336 e. The Kier molecular flexibility index (Phi) is 4.93. The Morgan fingerprint density at radius 2 is 1.88 bits per heavy atom. The summed E-state index contributed by atoms with van der Waals surface area (Å²) >= 11 is 0. The van der Waals surface area contributed by atoms with Crippen LogP contribution < -0.4 is 4.72 Å². The number of hydrogen-bond donors (Lipinski definition) is 1. The molecular formula is C19H20FN3O2S. The van der Waals surface area contributed by atoms with Gasteiger partial charge in [-0.1, -0.05) is 30.3 Å². The second-order valence-corrected chi connectivity index (χ2v) is 7.92. The first-order valence-corrected chi connectivity index (χ1v) is 9.59. The van der Waals surface area contributed by atoms with Gasteiger partial charge in [-0.3, -0.25) is 0 Å². The molecule has 1 atom stereocenters. The van der Waals surface area contributed by atoms with Crippen LogP contribution in [0.5, 0.6) is 0 Å². The maximum absolute atomic E-state index is 14.4. The molecule has 0 saturated carbocycles. The van der Waals surface area contributed by atoms with Gasteiger partial charge in [0.2, 0.25) is 10.0 Å². The summed E-state index contributed by atoms with van der Waals surface area (Å²) in [5.74, 6) is -0.0897. The summed E-state index contributed by atoms with van der Waals surface area (Å²) in [6.45, 7) is 3.55. The van der Waals surface area contributed by atoms with Crippen LogP contribution in [-0.4, -0.2) is 18.0 Å². The third kappa shape index (κ3) is 3.54. The first-order valence-electron chi connectivity index (χ1n) is 8.11. The fraction of sp³-hybridized carbons (Fsp3) is 0.211. The minimum atomic E-state index is -3.89. The van der Waals surface area contributed by atoms with E-state index in [-0.39, 0.29) is 10.5 Å². The molecule has 3 rings (SSSR count). The van der Waals surface area contributed by atoms with Crippen molar-refractivity contribution in [1.82, 2.24) is 14.3 Å². The Balaban J connectivity index is 2.11. The number of imidazole rings is 1. The van der Waals surface area contributed by atoms with Gasteiger partial charge in [0.1, 0.15) is 17.7 Å². The van der Waals surface area contributed by atoms with Crippen molar-refractivity contribution in [3.63, 3.8) is 0 Å². The zero-order chi connectivity index (χ0) is 18.9. The Hall–Kier alpha value is -2.51. The molecule has 1 N–H and O–H groups in total. The standard InChI is InChI=1S/C19H20FN3O2S/c1-13-8-9-14(2)17(12-13)26(24,25)22-18(19-21-10-11-23(19)3)15-6-4-5-7-16(15)20/h4-12,18,22H,1-3H3/t18-/m0/s1. The molecule has 0 saturated heterocycles. The van der Waals surface area contributed by atoms with E-state index in [0.717, 1.165) is 5.56 Å². The molecule has 0 aliphatic heterocycles. The van der Waals surface area contributed by atoms with E-state index in [2.05, 4.69) is 9.71 Å². The molecule has 0 bridgehead atoms. The molecular weight excluding hydrogens is 353 g/mol. The molecule has 0 radical (unpaired) electrons. The van der Waals surface area contributed by atoms with Crippen LogP contribution in [0.15, 0.2) is 59.8 Å². The average Bonchev–Trinajstić information content (AvgIpc) is 3.01. The van der Waals surface area contributed by atoms with E-state index in [1.165, 1.54) is 6.07 Å². The quantitative estimate of drug-likeness (QED) is 0.747. The average molecular weight is 373 g/mol. The fourth-order valence-corrected chi connectivity index (χ4v) is 4.34. The first-order chi connectivity index (χ1) is 12.3. The third-order valence-electron chi connectivity index (χ3n) is 4.24. The second-order valence-electron chi connectivity index (χ2n) is 6.24. The van der Waals surface area contributed by atoms with Crippen LogP contribution in [0, 0.1) is 19.7 Å². The van der Waals surface area contributed by atoms with Crippen LogP contribution in [0.25, 0.3) is 0 Å². The highest BCUT2D eigenvalue weighted by Crippen LogP contribution is 2.26. The number of sulfonamides is 1. The second kappa shape index (κ2) is 7.01. The number of rotatable bonds is 5. The molecule has 0 fully saturated rings. The largest absolute Gasteiger partial charge is 0.336 e. The Morgan fingerprint density at radius 1 is 1.15 bits per heavy atom. The lowest BCUT2D eigenvalue weighted by Crippen LogP contribution is -2.32. The van der Waals surface area contributed by atoms with E-state index in [1.54, 1.807) is 61.3 Å². The van der Waals surface area contributed by atoms with Gasteiger partial charge >= 0.3 is 0 Å². The summed E-state index contributed by atoms with van der Waals surface area (Å²) in [6.07, 6.45) is 3.24. The van der Waals surface area contributed by atoms with Crippen molar-refractivity contribution < 1.29 is 12.8 Å². The zero-order valence-corrected chi connectivity index (χ0v) is 15.6. The molecule has 1 aromatic heterocycles. The molecule has 0 aliphatic carbocycles. The maximum atomic E-state index is 14.4. The van der Waals surface area contributed by atoms with E-state index in [1.807, 2.05) is 13.0 Å². The molecule has 2 aromatic carbocycles. The van der Waals surface area contributed by atoms with Crippen molar-refractivity contribution in [2.24, 2.45) is 7.05 Å². The van der Waals surface area contributed by atoms with Gasteiger partial charge in [-0.2, -0.15) is 4.72 Å². The van der Waals surface area contributed by atoms with E-state index in [0.29, 0.717) is 11.4 Å². The van der Waals surface area contributed by atoms with E-state index >= 15 is 0 Å². The molecule has 1 heterocycles. The van der Waals surface area contributed by atoms with Crippen molar-refractivity contribution in [2.45, 2.75) is 24.8 Å². The summed E-state index contributed by atoms with van der Waals surface area (Å²) in [7, 11) is -2.15. The lowest BCUT2D eigenvalue weighted by atomic mass is 10.1.